The van der Waals surface area contributed by atoms with Crippen molar-refractivity contribution in [1.82, 2.24) is 0 Å². The predicted molar refractivity (Wildman–Crippen MR) is 99.2 cm³/mol. The fourth-order valence-electron chi connectivity index (χ4n) is 2.24. The molecule has 1 N–H and O–H groups in total. The van der Waals surface area contributed by atoms with Crippen molar-refractivity contribution >= 4 is 40.5 Å². The van der Waals surface area contributed by atoms with Crippen LogP contribution in [0.4, 0.5) is 11.4 Å². The Morgan fingerprint density at radius 3 is 2.04 bits per heavy atom. The van der Waals surface area contributed by atoms with Crippen LogP contribution in [-0.2, 0) is 0 Å². The number of nitrogens with zero attached hydrogens (tertiary/aromatic N) is 1. The SMILES string of the molecule is Cc1ccc(C(=O)Nc2ccc(N(CCCl)CCCl)cc2)cc1. The maximum atomic E-state index is 12.2. The molecule has 2 aromatic rings. The first-order valence-corrected chi connectivity index (χ1v) is 8.56. The van der Waals surface area contributed by atoms with E-state index in [1.165, 1.54) is 0 Å². The lowest BCUT2D eigenvalue weighted by atomic mass is 10.1. The number of hydrogen-bond acceptors (Lipinski definition) is 2. The van der Waals surface area contributed by atoms with E-state index in [9.17, 15) is 4.79 Å². The van der Waals surface area contributed by atoms with Crippen molar-refractivity contribution in [1.29, 1.82) is 0 Å². The van der Waals surface area contributed by atoms with Gasteiger partial charge in [0.05, 0.1) is 0 Å². The molecule has 2 rings (SSSR count). The molecule has 0 aromatic heterocycles. The van der Waals surface area contributed by atoms with Crippen molar-refractivity contribution in [2.45, 2.75) is 6.92 Å². The van der Waals surface area contributed by atoms with Gasteiger partial charge in [-0.1, -0.05) is 17.7 Å². The molecule has 0 aliphatic heterocycles. The lowest BCUT2D eigenvalue weighted by molar-refractivity contribution is 0.102. The minimum absolute atomic E-state index is 0.115. The summed E-state index contributed by atoms with van der Waals surface area (Å²) in [6, 6.07) is 15.2. The molecule has 0 atom stereocenters. The third-order valence-electron chi connectivity index (χ3n) is 3.51. The van der Waals surface area contributed by atoms with E-state index in [0.717, 1.165) is 30.0 Å². The van der Waals surface area contributed by atoms with Crippen molar-refractivity contribution in [3.05, 3.63) is 59.7 Å². The van der Waals surface area contributed by atoms with Crippen LogP contribution in [0.25, 0.3) is 0 Å². The predicted octanol–water partition coefficient (Wildman–Crippen LogP) is 4.53. The minimum atomic E-state index is -0.115. The summed E-state index contributed by atoms with van der Waals surface area (Å²) in [5.41, 5.74) is 3.57. The minimum Gasteiger partial charge on any atom is -0.369 e. The van der Waals surface area contributed by atoms with Crippen molar-refractivity contribution in [2.24, 2.45) is 0 Å². The second-order valence-electron chi connectivity index (χ2n) is 5.23. The van der Waals surface area contributed by atoms with Gasteiger partial charge in [0, 0.05) is 41.8 Å². The largest absolute Gasteiger partial charge is 0.369 e. The number of carbonyl (C=O) groups is 1. The highest BCUT2D eigenvalue weighted by atomic mass is 35.5. The summed E-state index contributed by atoms with van der Waals surface area (Å²) in [6.45, 7) is 3.47. The van der Waals surface area contributed by atoms with Crippen LogP contribution in [0.2, 0.25) is 0 Å². The molecule has 0 unspecified atom stereocenters. The number of rotatable bonds is 7. The van der Waals surface area contributed by atoms with E-state index in [4.69, 9.17) is 23.2 Å². The number of nitrogens with one attached hydrogen (secondary N) is 1. The number of anilines is 2. The average Bonchev–Trinajstić information content (AvgIpc) is 2.56. The van der Waals surface area contributed by atoms with E-state index in [1.807, 2.05) is 55.5 Å². The Morgan fingerprint density at radius 2 is 1.52 bits per heavy atom. The van der Waals surface area contributed by atoms with Gasteiger partial charge >= 0.3 is 0 Å². The first-order valence-electron chi connectivity index (χ1n) is 7.49. The summed E-state index contributed by atoms with van der Waals surface area (Å²) in [4.78, 5) is 14.3. The summed E-state index contributed by atoms with van der Waals surface area (Å²) in [5, 5.41) is 2.90. The molecule has 0 aliphatic rings. The molecular formula is C18H20Cl2N2O. The quantitative estimate of drug-likeness (QED) is 0.744. The van der Waals surface area contributed by atoms with Gasteiger partial charge in [-0.25, -0.2) is 0 Å². The lowest BCUT2D eigenvalue weighted by Gasteiger charge is -2.23. The van der Waals surface area contributed by atoms with E-state index in [1.54, 1.807) is 0 Å². The summed E-state index contributed by atoms with van der Waals surface area (Å²) >= 11 is 11.6. The topological polar surface area (TPSA) is 32.3 Å². The maximum Gasteiger partial charge on any atom is 0.255 e. The molecule has 1 amide bonds. The summed E-state index contributed by atoms with van der Waals surface area (Å²) in [5.74, 6) is 0.974. The number of aryl methyl sites for hydroxylation is 1. The number of benzene rings is 2. The molecule has 0 fully saturated rings. The van der Waals surface area contributed by atoms with Crippen LogP contribution in [0, 0.1) is 6.92 Å². The molecular weight excluding hydrogens is 331 g/mol. The zero-order chi connectivity index (χ0) is 16.7. The van der Waals surface area contributed by atoms with E-state index >= 15 is 0 Å². The summed E-state index contributed by atoms with van der Waals surface area (Å²) in [6.07, 6.45) is 0. The summed E-state index contributed by atoms with van der Waals surface area (Å²) < 4.78 is 0. The molecule has 0 spiro atoms. The molecule has 0 saturated carbocycles. The van der Waals surface area contributed by atoms with Gasteiger partial charge in [0.2, 0.25) is 0 Å². The standard InChI is InChI=1S/C18H20Cl2N2O/c1-14-2-4-15(5-3-14)18(23)21-16-6-8-17(9-7-16)22(12-10-19)13-11-20/h2-9H,10-13H2,1H3,(H,21,23). The molecule has 0 radical (unpaired) electrons. The fraction of sp³-hybridized carbons (Fsp3) is 0.278. The van der Waals surface area contributed by atoms with Gasteiger partial charge in [-0.05, 0) is 43.3 Å². The van der Waals surface area contributed by atoms with Crippen LogP contribution >= 0.6 is 23.2 Å². The van der Waals surface area contributed by atoms with Gasteiger partial charge in [-0.3, -0.25) is 4.79 Å². The van der Waals surface area contributed by atoms with Gasteiger partial charge in [-0.15, -0.1) is 23.2 Å². The van der Waals surface area contributed by atoms with Gasteiger partial charge in [0.1, 0.15) is 0 Å². The van der Waals surface area contributed by atoms with Gasteiger partial charge in [0.15, 0.2) is 0 Å². The van der Waals surface area contributed by atoms with Crippen LogP contribution in [-0.4, -0.2) is 30.8 Å². The zero-order valence-electron chi connectivity index (χ0n) is 13.1. The Kier molecular flexibility index (Phi) is 6.75. The lowest BCUT2D eigenvalue weighted by Crippen LogP contribution is -2.27. The third-order valence-corrected chi connectivity index (χ3v) is 3.85. The van der Waals surface area contributed by atoms with Crippen molar-refractivity contribution in [3.8, 4) is 0 Å². The van der Waals surface area contributed by atoms with Gasteiger partial charge < -0.3 is 10.2 Å². The van der Waals surface area contributed by atoms with Crippen LogP contribution in [0.3, 0.4) is 0 Å². The van der Waals surface area contributed by atoms with E-state index < -0.39 is 0 Å². The van der Waals surface area contributed by atoms with Crippen LogP contribution in [0.15, 0.2) is 48.5 Å². The highest BCUT2D eigenvalue weighted by Gasteiger charge is 2.08. The Labute approximate surface area is 147 Å². The number of halogens is 2. The highest BCUT2D eigenvalue weighted by molar-refractivity contribution is 6.18. The normalized spacial score (nSPS) is 10.4. The third kappa shape index (κ3) is 5.15. The van der Waals surface area contributed by atoms with Crippen LogP contribution < -0.4 is 10.2 Å². The number of amides is 1. The average molecular weight is 351 g/mol. The van der Waals surface area contributed by atoms with Gasteiger partial charge in [0.25, 0.3) is 5.91 Å². The highest BCUT2D eigenvalue weighted by Crippen LogP contribution is 2.19. The number of hydrogen-bond donors (Lipinski definition) is 1. The molecule has 23 heavy (non-hydrogen) atoms. The Bertz CT molecular complexity index is 620. The first kappa shape index (κ1) is 17.6. The Balaban J connectivity index is 2.04. The van der Waals surface area contributed by atoms with E-state index in [2.05, 4.69) is 10.2 Å². The molecule has 0 bridgehead atoms. The molecule has 0 saturated heterocycles. The Morgan fingerprint density at radius 1 is 0.957 bits per heavy atom. The van der Waals surface area contributed by atoms with Crippen molar-refractivity contribution < 1.29 is 4.79 Å². The second kappa shape index (κ2) is 8.80. The molecule has 5 heteroatoms. The molecule has 3 nitrogen and oxygen atoms in total. The van der Waals surface area contributed by atoms with Crippen molar-refractivity contribution in [2.75, 3.05) is 35.1 Å². The Hall–Kier alpha value is -1.71. The van der Waals surface area contributed by atoms with Crippen LogP contribution in [0.1, 0.15) is 15.9 Å². The second-order valence-corrected chi connectivity index (χ2v) is 5.99. The zero-order valence-corrected chi connectivity index (χ0v) is 14.6. The first-order chi connectivity index (χ1) is 11.1. The van der Waals surface area contributed by atoms with E-state index in [-0.39, 0.29) is 5.91 Å². The molecule has 0 heterocycles. The fourth-order valence-corrected chi connectivity index (χ4v) is 2.65. The molecule has 2 aromatic carbocycles. The maximum absolute atomic E-state index is 12.2. The monoisotopic (exact) mass is 350 g/mol. The number of alkyl halides is 2. The van der Waals surface area contributed by atoms with Gasteiger partial charge in [-0.2, -0.15) is 0 Å². The van der Waals surface area contributed by atoms with E-state index in [0.29, 0.717) is 17.3 Å². The van der Waals surface area contributed by atoms with Crippen LogP contribution in [0.5, 0.6) is 0 Å². The smallest absolute Gasteiger partial charge is 0.255 e. The number of carbonyl (C=O) groups excluding carboxylic acids is 1. The van der Waals surface area contributed by atoms with Crippen molar-refractivity contribution in [3.63, 3.8) is 0 Å². The molecule has 122 valence electrons. The summed E-state index contributed by atoms with van der Waals surface area (Å²) in [7, 11) is 0. The molecule has 0 aliphatic carbocycles.